The number of nitrogens with one attached hydrogen (secondary N) is 1. The fourth-order valence-electron chi connectivity index (χ4n) is 2.50. The highest BCUT2D eigenvalue weighted by molar-refractivity contribution is 9.13. The van der Waals surface area contributed by atoms with Crippen LogP contribution in [-0.4, -0.2) is 31.1 Å². The van der Waals surface area contributed by atoms with E-state index in [9.17, 15) is 0 Å². The van der Waals surface area contributed by atoms with Crippen LogP contribution in [-0.2, 0) is 6.54 Å². The molecule has 1 aliphatic rings. The molecule has 2 rings (SSSR count). The minimum atomic E-state index is 0.711. The van der Waals surface area contributed by atoms with Gasteiger partial charge in [-0.2, -0.15) is 0 Å². The minimum Gasteiger partial charge on any atom is -0.317 e. The molecule has 4 heteroatoms. The average molecular weight is 376 g/mol. The lowest BCUT2D eigenvalue weighted by atomic mass is 10.1. The van der Waals surface area contributed by atoms with Gasteiger partial charge >= 0.3 is 0 Å². The second kappa shape index (κ2) is 7.04. The molecule has 0 radical (unpaired) electrons. The molecule has 2 nitrogen and oxygen atoms in total. The Kier molecular flexibility index (Phi) is 5.67. The fourth-order valence-corrected chi connectivity index (χ4v) is 3.17. The van der Waals surface area contributed by atoms with Gasteiger partial charge in [0.2, 0.25) is 0 Å². The molecule has 0 amide bonds. The predicted molar refractivity (Wildman–Crippen MR) is 83.8 cm³/mol. The van der Waals surface area contributed by atoms with E-state index >= 15 is 0 Å². The van der Waals surface area contributed by atoms with Crippen molar-refractivity contribution in [3.63, 3.8) is 0 Å². The maximum absolute atomic E-state index is 3.57. The van der Waals surface area contributed by atoms with E-state index in [4.69, 9.17) is 0 Å². The van der Waals surface area contributed by atoms with Crippen molar-refractivity contribution in [1.82, 2.24) is 10.2 Å². The van der Waals surface area contributed by atoms with Gasteiger partial charge in [0, 0.05) is 21.5 Å². The predicted octanol–water partition coefficient (Wildman–Crippen LogP) is 3.79. The van der Waals surface area contributed by atoms with Crippen LogP contribution in [0.25, 0.3) is 0 Å². The zero-order valence-corrected chi connectivity index (χ0v) is 13.9. The third kappa shape index (κ3) is 4.05. The Labute approximate surface area is 126 Å². The van der Waals surface area contributed by atoms with E-state index in [1.165, 1.54) is 31.4 Å². The lowest BCUT2D eigenvalue weighted by Crippen LogP contribution is -2.32. The first-order valence-electron chi connectivity index (χ1n) is 6.51. The van der Waals surface area contributed by atoms with Crippen molar-refractivity contribution in [3.05, 3.63) is 32.7 Å². The molecule has 0 spiro atoms. The Balaban J connectivity index is 1.96. The lowest BCUT2D eigenvalue weighted by Gasteiger charge is -2.27. The molecule has 1 aromatic rings. The summed E-state index contributed by atoms with van der Waals surface area (Å²) in [6, 6.07) is 7.22. The van der Waals surface area contributed by atoms with Gasteiger partial charge in [-0.25, -0.2) is 0 Å². The van der Waals surface area contributed by atoms with Crippen LogP contribution < -0.4 is 5.32 Å². The average Bonchev–Trinajstić information content (AvgIpc) is 2.62. The van der Waals surface area contributed by atoms with Crippen LogP contribution in [0.3, 0.4) is 0 Å². The summed E-state index contributed by atoms with van der Waals surface area (Å²) >= 11 is 7.08. The molecule has 18 heavy (non-hydrogen) atoms. The molecule has 1 heterocycles. The maximum Gasteiger partial charge on any atom is 0.0320 e. The van der Waals surface area contributed by atoms with Gasteiger partial charge in [-0.05, 0) is 89.0 Å². The Morgan fingerprint density at radius 3 is 2.83 bits per heavy atom. The number of halogens is 2. The van der Waals surface area contributed by atoms with Crippen LogP contribution in [0.1, 0.15) is 24.8 Å². The molecule has 0 bridgehead atoms. The van der Waals surface area contributed by atoms with Gasteiger partial charge in [-0.15, -0.1) is 0 Å². The van der Waals surface area contributed by atoms with E-state index in [-0.39, 0.29) is 0 Å². The first-order chi connectivity index (χ1) is 8.66. The van der Waals surface area contributed by atoms with E-state index in [0.717, 1.165) is 22.0 Å². The molecule has 1 N–H and O–H groups in total. The van der Waals surface area contributed by atoms with Crippen molar-refractivity contribution >= 4 is 31.9 Å². The second-order valence-corrected chi connectivity index (χ2v) is 6.71. The first-order valence-corrected chi connectivity index (χ1v) is 8.10. The molecule has 0 saturated carbocycles. The maximum atomic E-state index is 3.57. The van der Waals surface area contributed by atoms with E-state index in [1.54, 1.807) is 0 Å². The second-order valence-electron chi connectivity index (χ2n) is 5.00. The van der Waals surface area contributed by atoms with Gasteiger partial charge in [0.05, 0.1) is 0 Å². The SMILES string of the molecule is CN(Cc1ccc(Br)c(Br)c1)C1CCCNCC1. The molecular weight excluding hydrogens is 356 g/mol. The van der Waals surface area contributed by atoms with Crippen LogP contribution in [0.2, 0.25) is 0 Å². The minimum absolute atomic E-state index is 0.711. The van der Waals surface area contributed by atoms with Crippen LogP contribution >= 0.6 is 31.9 Å². The van der Waals surface area contributed by atoms with Crippen molar-refractivity contribution in [2.24, 2.45) is 0 Å². The molecule has 100 valence electrons. The highest BCUT2D eigenvalue weighted by Crippen LogP contribution is 2.25. The summed E-state index contributed by atoms with van der Waals surface area (Å²) in [6.07, 6.45) is 3.86. The Morgan fingerprint density at radius 1 is 1.22 bits per heavy atom. The zero-order chi connectivity index (χ0) is 13.0. The molecule has 1 aromatic carbocycles. The van der Waals surface area contributed by atoms with Crippen LogP contribution in [0, 0.1) is 0 Å². The van der Waals surface area contributed by atoms with E-state index < -0.39 is 0 Å². The van der Waals surface area contributed by atoms with E-state index in [1.807, 2.05) is 0 Å². The summed E-state index contributed by atoms with van der Waals surface area (Å²) in [4.78, 5) is 2.49. The van der Waals surface area contributed by atoms with Crippen LogP contribution in [0.4, 0.5) is 0 Å². The standard InChI is InChI=1S/C14H20Br2N2/c1-18(12-3-2-7-17-8-6-12)10-11-4-5-13(15)14(16)9-11/h4-5,9,12,17H,2-3,6-8,10H2,1H3. The highest BCUT2D eigenvalue weighted by Gasteiger charge is 2.16. The van der Waals surface area contributed by atoms with Gasteiger partial charge in [0.15, 0.2) is 0 Å². The highest BCUT2D eigenvalue weighted by atomic mass is 79.9. The number of rotatable bonds is 3. The zero-order valence-electron chi connectivity index (χ0n) is 10.8. The third-order valence-corrected chi connectivity index (χ3v) is 5.46. The lowest BCUT2D eigenvalue weighted by molar-refractivity contribution is 0.216. The summed E-state index contributed by atoms with van der Waals surface area (Å²) in [5, 5.41) is 3.47. The smallest absolute Gasteiger partial charge is 0.0320 e. The third-order valence-electron chi connectivity index (χ3n) is 3.58. The molecule has 1 saturated heterocycles. The topological polar surface area (TPSA) is 15.3 Å². The molecule has 0 aliphatic carbocycles. The summed E-state index contributed by atoms with van der Waals surface area (Å²) < 4.78 is 2.25. The molecular formula is C14H20Br2N2. The Bertz CT molecular complexity index is 387. The number of nitrogens with zero attached hydrogens (tertiary/aromatic N) is 1. The summed E-state index contributed by atoms with van der Waals surface area (Å²) in [7, 11) is 2.24. The van der Waals surface area contributed by atoms with Gasteiger partial charge < -0.3 is 5.32 Å². The monoisotopic (exact) mass is 374 g/mol. The van der Waals surface area contributed by atoms with Crippen molar-refractivity contribution < 1.29 is 0 Å². The molecule has 0 aromatic heterocycles. The Hall–Kier alpha value is 0.1000. The fraction of sp³-hybridized carbons (Fsp3) is 0.571. The first kappa shape index (κ1) is 14.5. The summed E-state index contributed by atoms with van der Waals surface area (Å²) in [6.45, 7) is 3.35. The van der Waals surface area contributed by atoms with Gasteiger partial charge in [0.25, 0.3) is 0 Å². The Morgan fingerprint density at radius 2 is 2.06 bits per heavy atom. The van der Waals surface area contributed by atoms with Crippen LogP contribution in [0.5, 0.6) is 0 Å². The van der Waals surface area contributed by atoms with Crippen molar-refractivity contribution in [3.8, 4) is 0 Å². The van der Waals surface area contributed by atoms with Gasteiger partial charge in [-0.1, -0.05) is 6.07 Å². The van der Waals surface area contributed by atoms with Crippen molar-refractivity contribution in [1.29, 1.82) is 0 Å². The molecule has 1 aliphatic heterocycles. The summed E-state index contributed by atoms with van der Waals surface area (Å²) in [5.41, 5.74) is 1.37. The number of hydrogen-bond donors (Lipinski definition) is 1. The van der Waals surface area contributed by atoms with Crippen molar-refractivity contribution in [2.75, 3.05) is 20.1 Å². The normalized spacial score (nSPS) is 21.0. The largest absolute Gasteiger partial charge is 0.317 e. The number of hydrogen-bond acceptors (Lipinski definition) is 2. The van der Waals surface area contributed by atoms with Crippen molar-refractivity contribution in [2.45, 2.75) is 31.8 Å². The van der Waals surface area contributed by atoms with E-state index in [0.29, 0.717) is 6.04 Å². The molecule has 1 atom stereocenters. The summed E-state index contributed by atoms with van der Waals surface area (Å²) in [5.74, 6) is 0. The van der Waals surface area contributed by atoms with Gasteiger partial charge in [0.1, 0.15) is 0 Å². The molecule has 1 unspecified atom stereocenters. The molecule has 1 fully saturated rings. The van der Waals surface area contributed by atoms with Gasteiger partial charge in [-0.3, -0.25) is 4.90 Å². The van der Waals surface area contributed by atoms with Crippen LogP contribution in [0.15, 0.2) is 27.1 Å². The van der Waals surface area contributed by atoms with E-state index in [2.05, 4.69) is 67.3 Å². The quantitative estimate of drug-likeness (QED) is 0.864. The number of benzene rings is 1.